The number of aromatic nitrogens is 4. The normalized spacial score (nSPS) is 16.5. The first-order valence-electron chi connectivity index (χ1n) is 11.8. The van der Waals surface area contributed by atoms with Gasteiger partial charge in [0, 0.05) is 24.2 Å². The molecule has 1 aliphatic heterocycles. The van der Waals surface area contributed by atoms with E-state index in [9.17, 15) is 8.42 Å². The quantitative estimate of drug-likeness (QED) is 0.405. The van der Waals surface area contributed by atoms with Crippen molar-refractivity contribution in [2.75, 3.05) is 27.2 Å². The maximum atomic E-state index is 13.0. The molecule has 2 aromatic heterocycles. The fraction of sp³-hybridized carbons (Fsp3) is 0.308. The molecule has 0 radical (unpaired) electrons. The lowest BCUT2D eigenvalue weighted by molar-refractivity contribution is 0.417. The summed E-state index contributed by atoms with van der Waals surface area (Å²) in [5.74, 6) is 0.681. The van der Waals surface area contributed by atoms with E-state index in [1.54, 1.807) is 30.5 Å². The number of likely N-dealkylation sites (tertiary alicyclic amines) is 1. The van der Waals surface area contributed by atoms with Crippen LogP contribution in [0.3, 0.4) is 0 Å². The smallest absolute Gasteiger partial charge is 0.268 e. The Bertz CT molecular complexity index is 1470. The molecule has 186 valence electrons. The van der Waals surface area contributed by atoms with Crippen LogP contribution in [0.2, 0.25) is 0 Å². The van der Waals surface area contributed by atoms with E-state index in [4.69, 9.17) is 9.40 Å². The first-order valence-corrected chi connectivity index (χ1v) is 13.3. The number of nitrogens with zero attached hydrogens (tertiary/aromatic N) is 5. The zero-order chi connectivity index (χ0) is 25.3. The van der Waals surface area contributed by atoms with Crippen molar-refractivity contribution in [3.05, 3.63) is 66.0 Å². The third-order valence-corrected chi connectivity index (χ3v) is 8.62. The second-order valence-electron chi connectivity index (χ2n) is 9.07. The zero-order valence-corrected chi connectivity index (χ0v) is 21.3. The van der Waals surface area contributed by atoms with Crippen LogP contribution in [-0.2, 0) is 16.4 Å². The molecule has 10 heteroatoms. The van der Waals surface area contributed by atoms with Gasteiger partial charge in [0.05, 0.1) is 27.7 Å². The Morgan fingerprint density at radius 3 is 2.39 bits per heavy atom. The largest absolute Gasteiger partial charge is 0.415 e. The highest BCUT2D eigenvalue weighted by Crippen LogP contribution is 2.29. The van der Waals surface area contributed by atoms with Gasteiger partial charge in [0.2, 0.25) is 5.89 Å². The third kappa shape index (κ3) is 4.79. The molecule has 9 nitrogen and oxygen atoms in total. The van der Waals surface area contributed by atoms with Crippen LogP contribution in [0.4, 0.5) is 0 Å². The number of nitrogens with one attached hydrogen (secondary N) is 1. The molecular weight excluding hydrogens is 476 g/mol. The summed E-state index contributed by atoms with van der Waals surface area (Å²) in [6.07, 6.45) is 2.31. The van der Waals surface area contributed by atoms with Crippen molar-refractivity contribution in [1.82, 2.24) is 30.4 Å². The molecule has 0 spiro atoms. The lowest BCUT2D eigenvalue weighted by Crippen LogP contribution is -2.25. The van der Waals surface area contributed by atoms with Crippen molar-refractivity contribution in [1.29, 1.82) is 0 Å². The number of aryl methyl sites for hydroxylation is 1. The number of hydrogen-bond donors (Lipinski definition) is 1. The fourth-order valence-corrected chi connectivity index (χ4v) is 6.12. The molecule has 0 aliphatic carbocycles. The summed E-state index contributed by atoms with van der Waals surface area (Å²) < 4.78 is 31.9. The first-order chi connectivity index (χ1) is 17.3. The van der Waals surface area contributed by atoms with Gasteiger partial charge >= 0.3 is 0 Å². The van der Waals surface area contributed by atoms with E-state index in [0.29, 0.717) is 40.8 Å². The van der Waals surface area contributed by atoms with Crippen LogP contribution in [-0.4, -0.2) is 65.9 Å². The van der Waals surface area contributed by atoms with Gasteiger partial charge < -0.3 is 14.6 Å². The van der Waals surface area contributed by atoms with Crippen LogP contribution >= 0.6 is 0 Å². The molecule has 0 saturated carbocycles. The van der Waals surface area contributed by atoms with Crippen molar-refractivity contribution < 1.29 is 12.8 Å². The Balaban J connectivity index is 1.39. The molecule has 0 amide bonds. The maximum absolute atomic E-state index is 13.0. The van der Waals surface area contributed by atoms with Crippen LogP contribution in [0.1, 0.15) is 17.7 Å². The molecule has 4 aromatic rings. The Hall–Kier alpha value is -3.47. The average molecular weight is 505 g/mol. The number of benzene rings is 2. The predicted octanol–water partition coefficient (Wildman–Crippen LogP) is 3.37. The van der Waals surface area contributed by atoms with E-state index in [2.05, 4.69) is 20.5 Å². The van der Waals surface area contributed by atoms with E-state index in [-0.39, 0.29) is 11.1 Å². The number of rotatable bonds is 7. The zero-order valence-electron chi connectivity index (χ0n) is 20.5. The third-order valence-electron chi connectivity index (χ3n) is 6.43. The van der Waals surface area contributed by atoms with Crippen LogP contribution in [0.15, 0.2) is 64.0 Å². The van der Waals surface area contributed by atoms with Crippen LogP contribution in [0, 0.1) is 6.92 Å². The van der Waals surface area contributed by atoms with Gasteiger partial charge in [-0.15, -0.1) is 10.2 Å². The van der Waals surface area contributed by atoms with Gasteiger partial charge in [0.15, 0.2) is 9.84 Å². The van der Waals surface area contributed by atoms with E-state index >= 15 is 0 Å². The Morgan fingerprint density at radius 1 is 1.03 bits per heavy atom. The Labute approximate surface area is 210 Å². The second-order valence-corrected chi connectivity index (χ2v) is 11.3. The minimum Gasteiger partial charge on any atom is -0.415 e. The molecule has 1 N–H and O–H groups in total. The molecule has 5 rings (SSSR count). The Morgan fingerprint density at radius 2 is 1.72 bits per heavy atom. The van der Waals surface area contributed by atoms with Crippen LogP contribution in [0.25, 0.3) is 34.3 Å². The highest BCUT2D eigenvalue weighted by Gasteiger charge is 2.32. The van der Waals surface area contributed by atoms with Crippen molar-refractivity contribution in [3.8, 4) is 34.3 Å². The molecule has 2 aromatic carbocycles. The summed E-state index contributed by atoms with van der Waals surface area (Å²) in [5.41, 5.74) is 4.47. The van der Waals surface area contributed by atoms with Crippen molar-refractivity contribution in [3.63, 3.8) is 0 Å². The van der Waals surface area contributed by atoms with Gasteiger partial charge in [-0.2, -0.15) is 0 Å². The highest BCUT2D eigenvalue weighted by molar-refractivity contribution is 7.92. The summed E-state index contributed by atoms with van der Waals surface area (Å²) in [5, 5.41) is 11.1. The average Bonchev–Trinajstić information content (AvgIpc) is 3.55. The van der Waals surface area contributed by atoms with Gasteiger partial charge in [-0.1, -0.05) is 24.3 Å². The molecular formula is C26H28N6O3S. The van der Waals surface area contributed by atoms with Crippen LogP contribution in [0.5, 0.6) is 0 Å². The van der Waals surface area contributed by atoms with Crippen LogP contribution < -0.4 is 5.32 Å². The minimum absolute atomic E-state index is 0.278. The maximum Gasteiger partial charge on any atom is 0.268 e. The van der Waals surface area contributed by atoms with Gasteiger partial charge in [-0.3, -0.25) is 4.98 Å². The van der Waals surface area contributed by atoms with Crippen molar-refractivity contribution in [2.45, 2.75) is 30.0 Å². The lowest BCUT2D eigenvalue weighted by atomic mass is 10.1. The molecule has 1 fully saturated rings. The number of hydrogen-bond acceptors (Lipinski definition) is 9. The predicted molar refractivity (Wildman–Crippen MR) is 137 cm³/mol. The Kier molecular flexibility index (Phi) is 6.65. The van der Waals surface area contributed by atoms with Crippen molar-refractivity contribution in [2.24, 2.45) is 0 Å². The van der Waals surface area contributed by atoms with Gasteiger partial charge in [-0.25, -0.2) is 13.4 Å². The molecule has 3 heterocycles. The lowest BCUT2D eigenvalue weighted by Gasteiger charge is -2.12. The highest BCUT2D eigenvalue weighted by atomic mass is 32.2. The van der Waals surface area contributed by atoms with Crippen molar-refractivity contribution >= 4 is 9.84 Å². The van der Waals surface area contributed by atoms with E-state index in [0.717, 1.165) is 29.8 Å². The summed E-state index contributed by atoms with van der Waals surface area (Å²) in [4.78, 5) is 11.6. The molecule has 1 aliphatic rings. The monoisotopic (exact) mass is 504 g/mol. The first kappa shape index (κ1) is 24.2. The standard InChI is InChI=1S/C26H28N6O3S/c1-17-24(26-31-30-25(35-26)20-6-4-18(5-7-20)14-27-2)29-23(15-28-17)19-8-10-21(11-9-19)36(33,34)22-12-13-32(3)16-22/h4-11,15,22,27H,12-14,16H2,1-3H3. The molecule has 1 saturated heterocycles. The summed E-state index contributed by atoms with van der Waals surface area (Å²) in [6, 6.07) is 14.7. The summed E-state index contributed by atoms with van der Waals surface area (Å²) in [7, 11) is 0.475. The van der Waals surface area contributed by atoms with Gasteiger partial charge in [-0.05, 0) is 63.8 Å². The minimum atomic E-state index is -3.37. The van der Waals surface area contributed by atoms with Gasteiger partial charge in [0.25, 0.3) is 5.89 Å². The SMILES string of the molecule is CNCc1ccc(-c2nnc(-c3nc(-c4ccc(S(=O)(=O)C5CCN(C)C5)cc4)cnc3C)o2)cc1. The number of sulfone groups is 1. The van der Waals surface area contributed by atoms with E-state index < -0.39 is 9.84 Å². The molecule has 0 bridgehead atoms. The molecule has 1 unspecified atom stereocenters. The molecule has 36 heavy (non-hydrogen) atoms. The van der Waals surface area contributed by atoms with E-state index in [1.807, 2.05) is 50.2 Å². The topological polar surface area (TPSA) is 114 Å². The summed E-state index contributed by atoms with van der Waals surface area (Å²) >= 11 is 0. The van der Waals surface area contributed by atoms with Gasteiger partial charge in [0.1, 0.15) is 5.69 Å². The molecule has 1 atom stereocenters. The summed E-state index contributed by atoms with van der Waals surface area (Å²) in [6.45, 7) is 3.96. The second kappa shape index (κ2) is 9.88. The van der Waals surface area contributed by atoms with E-state index in [1.165, 1.54) is 0 Å². The fourth-order valence-electron chi connectivity index (χ4n) is 4.35.